The van der Waals surface area contributed by atoms with Crippen molar-refractivity contribution in [3.63, 3.8) is 0 Å². The third kappa shape index (κ3) is 6.86. The van der Waals surface area contributed by atoms with Crippen LogP contribution < -0.4 is 5.32 Å². The van der Waals surface area contributed by atoms with E-state index in [9.17, 15) is 4.79 Å². The smallest absolute Gasteiger partial charge is 0.374 e. The first-order valence-electron chi connectivity index (χ1n) is 6.77. The summed E-state index contributed by atoms with van der Waals surface area (Å²) in [5.41, 5.74) is -0.850. The van der Waals surface area contributed by atoms with Gasteiger partial charge in [0.25, 0.3) is 0 Å². The molecule has 0 aromatic carbocycles. The molecule has 19 heavy (non-hydrogen) atoms. The van der Waals surface area contributed by atoms with E-state index in [2.05, 4.69) is 18.8 Å². The van der Waals surface area contributed by atoms with Crippen LogP contribution in [-0.4, -0.2) is 33.7 Å². The van der Waals surface area contributed by atoms with E-state index in [0.29, 0.717) is 13.2 Å². The minimum Gasteiger partial charge on any atom is -0.374 e. The maximum Gasteiger partial charge on any atom is 0.502 e. The molecular formula is C13H27NO4Si. The summed E-state index contributed by atoms with van der Waals surface area (Å²) in [4.78, 5) is 11.4. The van der Waals surface area contributed by atoms with Gasteiger partial charge in [-0.2, -0.15) is 0 Å². The average Bonchev–Trinajstić information content (AvgIpc) is 2.28. The van der Waals surface area contributed by atoms with E-state index in [4.69, 9.17) is 13.3 Å². The molecule has 0 fully saturated rings. The van der Waals surface area contributed by atoms with Crippen LogP contribution >= 0.6 is 0 Å². The number of carbonyl (C=O) groups excluding carboxylic acids is 1. The number of nitrogens with one attached hydrogen (secondary N) is 1. The Morgan fingerprint density at radius 2 is 1.79 bits per heavy atom. The van der Waals surface area contributed by atoms with Crippen LogP contribution in [0.2, 0.25) is 6.04 Å². The molecular weight excluding hydrogens is 262 g/mol. The summed E-state index contributed by atoms with van der Waals surface area (Å²) in [5.74, 6) is -0.280. The summed E-state index contributed by atoms with van der Waals surface area (Å²) in [5, 5.41) is 2.73. The molecule has 0 unspecified atom stereocenters. The zero-order chi connectivity index (χ0) is 14.9. The van der Waals surface area contributed by atoms with Crippen LogP contribution in [0, 0.1) is 0 Å². The molecule has 112 valence electrons. The zero-order valence-corrected chi connectivity index (χ0v) is 13.7. The van der Waals surface area contributed by atoms with E-state index in [1.807, 2.05) is 13.8 Å². The molecule has 6 heteroatoms. The van der Waals surface area contributed by atoms with Crippen molar-refractivity contribution in [1.82, 2.24) is 5.32 Å². The molecule has 1 N–H and O–H groups in total. The van der Waals surface area contributed by atoms with Crippen molar-refractivity contribution in [2.75, 3.05) is 13.2 Å². The van der Waals surface area contributed by atoms with Gasteiger partial charge in [-0.05, 0) is 33.8 Å². The standard InChI is InChI=1S/C13H27NO4Si/c1-7-11-19(16-9-3,17-10-4)18-13(5,6)14-12(15)8-2/h8H,2,7,9-11H2,1,3-6H3,(H,14,15). The fraction of sp³-hybridized carbons (Fsp3) is 0.769. The predicted octanol–water partition coefficient (Wildman–Crippen LogP) is 2.46. The fourth-order valence-electron chi connectivity index (χ4n) is 1.80. The topological polar surface area (TPSA) is 56.8 Å². The number of amides is 1. The number of rotatable bonds is 10. The molecule has 0 saturated heterocycles. The Morgan fingerprint density at radius 3 is 2.16 bits per heavy atom. The van der Waals surface area contributed by atoms with Crippen LogP contribution in [0.25, 0.3) is 0 Å². The van der Waals surface area contributed by atoms with Crippen LogP contribution in [0.1, 0.15) is 41.0 Å². The summed E-state index contributed by atoms with van der Waals surface area (Å²) in [6.07, 6.45) is 2.12. The Labute approximate surface area is 117 Å². The number of hydrogen-bond acceptors (Lipinski definition) is 4. The monoisotopic (exact) mass is 289 g/mol. The second-order valence-corrected chi connectivity index (χ2v) is 7.25. The van der Waals surface area contributed by atoms with E-state index in [1.165, 1.54) is 6.08 Å². The minimum absolute atomic E-state index is 0.280. The fourth-order valence-corrected chi connectivity index (χ4v) is 4.72. The van der Waals surface area contributed by atoms with Crippen molar-refractivity contribution in [2.24, 2.45) is 0 Å². The van der Waals surface area contributed by atoms with Gasteiger partial charge in [0, 0.05) is 19.3 Å². The molecule has 0 bridgehead atoms. The quantitative estimate of drug-likeness (QED) is 0.381. The number of hydrogen-bond donors (Lipinski definition) is 1. The molecule has 0 heterocycles. The predicted molar refractivity (Wildman–Crippen MR) is 77.6 cm³/mol. The third-order valence-electron chi connectivity index (χ3n) is 2.30. The van der Waals surface area contributed by atoms with E-state index in [1.54, 1.807) is 13.8 Å². The molecule has 1 amide bonds. The Bertz CT molecular complexity index is 277. The van der Waals surface area contributed by atoms with Gasteiger partial charge in [-0.1, -0.05) is 19.9 Å². The molecule has 0 atom stereocenters. The summed E-state index contributed by atoms with van der Waals surface area (Å²) in [7, 11) is -2.76. The Kier molecular flexibility index (Phi) is 8.16. The second kappa shape index (κ2) is 8.47. The second-order valence-electron chi connectivity index (χ2n) is 4.60. The van der Waals surface area contributed by atoms with E-state index >= 15 is 0 Å². The first-order valence-corrected chi connectivity index (χ1v) is 8.70. The summed E-state index contributed by atoms with van der Waals surface area (Å²) in [6, 6.07) is 0.724. The zero-order valence-electron chi connectivity index (χ0n) is 12.7. The highest BCUT2D eigenvalue weighted by molar-refractivity contribution is 6.60. The highest BCUT2D eigenvalue weighted by Gasteiger charge is 2.44. The van der Waals surface area contributed by atoms with Gasteiger partial charge in [0.2, 0.25) is 5.91 Å². The van der Waals surface area contributed by atoms with Crippen molar-refractivity contribution in [3.8, 4) is 0 Å². The maximum atomic E-state index is 11.4. The van der Waals surface area contributed by atoms with Gasteiger partial charge in [0.05, 0.1) is 0 Å². The van der Waals surface area contributed by atoms with E-state index < -0.39 is 14.5 Å². The summed E-state index contributed by atoms with van der Waals surface area (Å²) in [6.45, 7) is 13.9. The van der Waals surface area contributed by atoms with Gasteiger partial charge in [0.15, 0.2) is 0 Å². The highest BCUT2D eigenvalue weighted by atomic mass is 28.4. The maximum absolute atomic E-state index is 11.4. The van der Waals surface area contributed by atoms with Crippen molar-refractivity contribution < 1.29 is 18.1 Å². The number of carbonyl (C=O) groups is 1. The lowest BCUT2D eigenvalue weighted by molar-refractivity contribution is -0.123. The van der Waals surface area contributed by atoms with Gasteiger partial charge in [-0.15, -0.1) is 0 Å². The van der Waals surface area contributed by atoms with Gasteiger partial charge >= 0.3 is 8.80 Å². The molecule has 0 aliphatic carbocycles. The van der Waals surface area contributed by atoms with Crippen LogP contribution in [0.15, 0.2) is 12.7 Å². The third-order valence-corrected chi connectivity index (χ3v) is 5.70. The lowest BCUT2D eigenvalue weighted by atomic mass is 10.3. The van der Waals surface area contributed by atoms with Crippen LogP contribution in [0.4, 0.5) is 0 Å². The molecule has 0 spiro atoms. The molecule has 0 radical (unpaired) electrons. The first kappa shape index (κ1) is 18.3. The van der Waals surface area contributed by atoms with Crippen molar-refractivity contribution in [2.45, 2.75) is 52.8 Å². The van der Waals surface area contributed by atoms with Crippen molar-refractivity contribution in [1.29, 1.82) is 0 Å². The molecule has 0 aromatic heterocycles. The van der Waals surface area contributed by atoms with Crippen molar-refractivity contribution >= 4 is 14.7 Å². The minimum atomic E-state index is -2.76. The molecule has 0 aliphatic heterocycles. The Hall–Kier alpha value is -0.693. The molecule has 0 saturated carbocycles. The molecule has 5 nitrogen and oxygen atoms in total. The van der Waals surface area contributed by atoms with Gasteiger partial charge < -0.3 is 18.6 Å². The van der Waals surface area contributed by atoms with Gasteiger partial charge in [-0.3, -0.25) is 4.79 Å². The Balaban J connectivity index is 4.94. The normalized spacial score (nSPS) is 12.3. The molecule has 0 aromatic rings. The lowest BCUT2D eigenvalue weighted by Gasteiger charge is -2.37. The van der Waals surface area contributed by atoms with Gasteiger partial charge in [-0.25, -0.2) is 0 Å². The van der Waals surface area contributed by atoms with Crippen LogP contribution in [0.3, 0.4) is 0 Å². The van der Waals surface area contributed by atoms with Gasteiger partial charge in [0.1, 0.15) is 5.72 Å². The van der Waals surface area contributed by atoms with Crippen LogP contribution in [-0.2, 0) is 18.1 Å². The molecule has 0 rings (SSSR count). The first-order chi connectivity index (χ1) is 8.84. The van der Waals surface area contributed by atoms with Crippen LogP contribution in [0.5, 0.6) is 0 Å². The lowest BCUT2D eigenvalue weighted by Crippen LogP contribution is -2.57. The summed E-state index contributed by atoms with van der Waals surface area (Å²) >= 11 is 0. The largest absolute Gasteiger partial charge is 0.502 e. The van der Waals surface area contributed by atoms with E-state index in [-0.39, 0.29) is 5.91 Å². The Morgan fingerprint density at radius 1 is 1.26 bits per heavy atom. The SMILES string of the molecule is C=CC(=O)NC(C)(C)O[Si](CCC)(OCC)OCC. The highest BCUT2D eigenvalue weighted by Crippen LogP contribution is 2.23. The molecule has 0 aliphatic rings. The average molecular weight is 289 g/mol. The summed E-state index contributed by atoms with van der Waals surface area (Å²) < 4.78 is 17.6. The van der Waals surface area contributed by atoms with Crippen molar-refractivity contribution in [3.05, 3.63) is 12.7 Å². The van der Waals surface area contributed by atoms with E-state index in [0.717, 1.165) is 12.5 Å².